The van der Waals surface area contributed by atoms with Crippen molar-refractivity contribution < 1.29 is 14.3 Å². The van der Waals surface area contributed by atoms with E-state index in [-0.39, 0.29) is 17.9 Å². The first-order valence-corrected chi connectivity index (χ1v) is 5.89. The lowest BCUT2D eigenvalue weighted by molar-refractivity contribution is 0.0698. The number of nitrogens with one attached hydrogen (secondary N) is 1. The molecule has 0 saturated heterocycles. The number of anilines is 1. The zero-order valence-electron chi connectivity index (χ0n) is 10.5. The molecule has 98 valence electrons. The van der Waals surface area contributed by atoms with Crippen LogP contribution < -0.4 is 5.32 Å². The molecule has 0 atom stereocenters. The van der Waals surface area contributed by atoms with E-state index < -0.39 is 5.97 Å². The maximum Gasteiger partial charge on any atom is 0.337 e. The largest absolute Gasteiger partial charge is 0.478 e. The van der Waals surface area contributed by atoms with Crippen molar-refractivity contribution in [3.8, 4) is 0 Å². The van der Waals surface area contributed by atoms with Gasteiger partial charge in [-0.1, -0.05) is 29.8 Å². The van der Waals surface area contributed by atoms with Crippen LogP contribution in [0.15, 0.2) is 42.5 Å². The SMILES string of the molecule is Cc1ccc(F)c(CNc2ccccc2C(=O)O)c1. The summed E-state index contributed by atoms with van der Waals surface area (Å²) in [5, 5.41) is 12.0. The second-order valence-corrected chi connectivity index (χ2v) is 4.30. The summed E-state index contributed by atoms with van der Waals surface area (Å²) in [6.07, 6.45) is 0. The molecule has 0 aromatic heterocycles. The molecule has 0 fully saturated rings. The van der Waals surface area contributed by atoms with Crippen LogP contribution in [0.5, 0.6) is 0 Å². The molecule has 0 aliphatic heterocycles. The minimum atomic E-state index is -1.01. The van der Waals surface area contributed by atoms with Crippen molar-refractivity contribution in [2.45, 2.75) is 13.5 Å². The number of carbonyl (C=O) groups is 1. The molecule has 0 radical (unpaired) electrons. The van der Waals surface area contributed by atoms with Gasteiger partial charge in [0.2, 0.25) is 0 Å². The Balaban J connectivity index is 2.19. The molecule has 0 unspecified atom stereocenters. The van der Waals surface area contributed by atoms with Gasteiger partial charge in [0.15, 0.2) is 0 Å². The average molecular weight is 259 g/mol. The van der Waals surface area contributed by atoms with Crippen molar-refractivity contribution >= 4 is 11.7 Å². The fourth-order valence-corrected chi connectivity index (χ4v) is 1.85. The second kappa shape index (κ2) is 5.52. The van der Waals surface area contributed by atoms with Gasteiger partial charge >= 0.3 is 5.97 Å². The fraction of sp³-hybridized carbons (Fsp3) is 0.133. The molecule has 0 aliphatic rings. The van der Waals surface area contributed by atoms with Crippen LogP contribution in [-0.2, 0) is 6.54 Å². The van der Waals surface area contributed by atoms with Crippen molar-refractivity contribution in [2.75, 3.05) is 5.32 Å². The van der Waals surface area contributed by atoms with Crippen LogP contribution in [0, 0.1) is 12.7 Å². The molecule has 3 nitrogen and oxygen atoms in total. The van der Waals surface area contributed by atoms with Crippen molar-refractivity contribution in [3.63, 3.8) is 0 Å². The molecule has 2 aromatic rings. The monoisotopic (exact) mass is 259 g/mol. The molecule has 0 spiro atoms. The maximum absolute atomic E-state index is 13.6. The van der Waals surface area contributed by atoms with Crippen molar-refractivity contribution in [1.29, 1.82) is 0 Å². The molecule has 2 N–H and O–H groups in total. The van der Waals surface area contributed by atoms with Crippen LogP contribution in [-0.4, -0.2) is 11.1 Å². The molecule has 0 saturated carbocycles. The molecule has 0 amide bonds. The molecular weight excluding hydrogens is 245 g/mol. The zero-order chi connectivity index (χ0) is 13.8. The van der Waals surface area contributed by atoms with Crippen LogP contribution in [0.25, 0.3) is 0 Å². The third-order valence-corrected chi connectivity index (χ3v) is 2.83. The average Bonchev–Trinajstić information content (AvgIpc) is 2.40. The van der Waals surface area contributed by atoms with Gasteiger partial charge in [-0.05, 0) is 25.1 Å². The van der Waals surface area contributed by atoms with E-state index in [4.69, 9.17) is 5.11 Å². The number of benzene rings is 2. The number of halogens is 1. The highest BCUT2D eigenvalue weighted by atomic mass is 19.1. The van der Waals surface area contributed by atoms with E-state index >= 15 is 0 Å². The molecule has 19 heavy (non-hydrogen) atoms. The van der Waals surface area contributed by atoms with Crippen LogP contribution in [0.2, 0.25) is 0 Å². The van der Waals surface area contributed by atoms with Gasteiger partial charge in [-0.2, -0.15) is 0 Å². The van der Waals surface area contributed by atoms with E-state index in [1.54, 1.807) is 30.3 Å². The first-order valence-electron chi connectivity index (χ1n) is 5.89. The van der Waals surface area contributed by atoms with Gasteiger partial charge in [0.1, 0.15) is 5.82 Å². The minimum Gasteiger partial charge on any atom is -0.478 e. The van der Waals surface area contributed by atoms with Gasteiger partial charge < -0.3 is 10.4 Å². The third-order valence-electron chi connectivity index (χ3n) is 2.83. The second-order valence-electron chi connectivity index (χ2n) is 4.30. The van der Waals surface area contributed by atoms with Gasteiger partial charge in [-0.3, -0.25) is 0 Å². The summed E-state index contributed by atoms with van der Waals surface area (Å²) in [6.45, 7) is 2.13. The lowest BCUT2D eigenvalue weighted by Crippen LogP contribution is -2.07. The van der Waals surface area contributed by atoms with Crippen LogP contribution >= 0.6 is 0 Å². The predicted octanol–water partition coefficient (Wildman–Crippen LogP) is 3.44. The number of aryl methyl sites for hydroxylation is 1. The molecule has 2 rings (SSSR count). The van der Waals surface area contributed by atoms with Crippen LogP contribution in [0.4, 0.5) is 10.1 Å². The molecule has 0 heterocycles. The lowest BCUT2D eigenvalue weighted by Gasteiger charge is -2.10. The zero-order valence-corrected chi connectivity index (χ0v) is 10.5. The van der Waals surface area contributed by atoms with Gasteiger partial charge in [-0.15, -0.1) is 0 Å². The maximum atomic E-state index is 13.6. The van der Waals surface area contributed by atoms with Gasteiger partial charge in [-0.25, -0.2) is 9.18 Å². The summed E-state index contributed by atoms with van der Waals surface area (Å²) >= 11 is 0. The Labute approximate surface area is 110 Å². The summed E-state index contributed by atoms with van der Waals surface area (Å²) in [6, 6.07) is 11.4. The minimum absolute atomic E-state index is 0.176. The molecule has 0 bridgehead atoms. The van der Waals surface area contributed by atoms with E-state index in [0.717, 1.165) is 5.56 Å². The van der Waals surface area contributed by atoms with Crippen molar-refractivity contribution in [1.82, 2.24) is 0 Å². The van der Waals surface area contributed by atoms with Gasteiger partial charge in [0.05, 0.1) is 5.56 Å². The van der Waals surface area contributed by atoms with E-state index in [0.29, 0.717) is 11.3 Å². The normalized spacial score (nSPS) is 10.2. The first kappa shape index (κ1) is 13.1. The van der Waals surface area contributed by atoms with Crippen LogP contribution in [0.3, 0.4) is 0 Å². The standard InChI is InChI=1S/C15H14FNO2/c1-10-6-7-13(16)11(8-10)9-17-14-5-3-2-4-12(14)15(18)19/h2-8,17H,9H2,1H3,(H,18,19). The number of para-hydroxylation sites is 1. The summed E-state index contributed by atoms with van der Waals surface area (Å²) < 4.78 is 13.6. The highest BCUT2D eigenvalue weighted by molar-refractivity contribution is 5.94. The number of hydrogen-bond acceptors (Lipinski definition) is 2. The van der Waals surface area contributed by atoms with Crippen molar-refractivity contribution in [3.05, 3.63) is 65.0 Å². The third kappa shape index (κ3) is 3.10. The highest BCUT2D eigenvalue weighted by Gasteiger charge is 2.09. The summed E-state index contributed by atoms with van der Waals surface area (Å²) in [5.74, 6) is -1.31. The number of carboxylic acid groups (broad SMARTS) is 1. The Bertz CT molecular complexity index is 611. The quantitative estimate of drug-likeness (QED) is 0.884. The fourth-order valence-electron chi connectivity index (χ4n) is 1.85. The molecule has 0 aliphatic carbocycles. The molecule has 2 aromatic carbocycles. The number of aromatic carboxylic acids is 1. The Morgan fingerprint density at radius 2 is 2.00 bits per heavy atom. The van der Waals surface area contributed by atoms with Crippen LogP contribution in [0.1, 0.15) is 21.5 Å². The smallest absolute Gasteiger partial charge is 0.337 e. The first-order chi connectivity index (χ1) is 9.08. The van der Waals surface area contributed by atoms with E-state index in [2.05, 4.69) is 5.32 Å². The Morgan fingerprint density at radius 3 is 2.74 bits per heavy atom. The summed E-state index contributed by atoms with van der Waals surface area (Å²) in [4.78, 5) is 11.0. The Morgan fingerprint density at radius 1 is 1.26 bits per heavy atom. The summed E-state index contributed by atoms with van der Waals surface area (Å²) in [5.41, 5.74) is 2.14. The predicted molar refractivity (Wildman–Crippen MR) is 71.9 cm³/mol. The number of hydrogen-bond donors (Lipinski definition) is 2. The summed E-state index contributed by atoms with van der Waals surface area (Å²) in [7, 11) is 0. The number of carboxylic acids is 1. The highest BCUT2D eigenvalue weighted by Crippen LogP contribution is 2.17. The molecular formula is C15H14FNO2. The van der Waals surface area contributed by atoms with Gasteiger partial charge in [0.25, 0.3) is 0 Å². The van der Waals surface area contributed by atoms with Crippen molar-refractivity contribution in [2.24, 2.45) is 0 Å². The van der Waals surface area contributed by atoms with E-state index in [1.807, 2.05) is 6.92 Å². The Kier molecular flexibility index (Phi) is 3.80. The Hall–Kier alpha value is -2.36. The lowest BCUT2D eigenvalue weighted by atomic mass is 10.1. The molecule has 4 heteroatoms. The number of rotatable bonds is 4. The van der Waals surface area contributed by atoms with Gasteiger partial charge in [0, 0.05) is 17.8 Å². The van der Waals surface area contributed by atoms with E-state index in [9.17, 15) is 9.18 Å². The topological polar surface area (TPSA) is 49.3 Å². The van der Waals surface area contributed by atoms with E-state index in [1.165, 1.54) is 12.1 Å².